The van der Waals surface area contributed by atoms with Crippen molar-refractivity contribution in [1.82, 2.24) is 0 Å². The second-order valence-electron chi connectivity index (χ2n) is 7.08. The van der Waals surface area contributed by atoms with Crippen LogP contribution in [0, 0.1) is 5.82 Å². The van der Waals surface area contributed by atoms with Crippen molar-refractivity contribution in [3.05, 3.63) is 101 Å². The zero-order chi connectivity index (χ0) is 19.7. The Balaban J connectivity index is 1.57. The minimum atomic E-state index is -1.06. The van der Waals surface area contributed by atoms with Crippen molar-refractivity contribution in [2.75, 3.05) is 0 Å². The lowest BCUT2D eigenvalue weighted by molar-refractivity contribution is -0.00450. The zero-order valence-corrected chi connectivity index (χ0v) is 16.5. The van der Waals surface area contributed by atoms with Gasteiger partial charge in [-0.15, -0.1) is 0 Å². The van der Waals surface area contributed by atoms with Crippen LogP contribution in [0.15, 0.2) is 84.2 Å². The summed E-state index contributed by atoms with van der Waals surface area (Å²) in [4.78, 5) is 13.8. The zero-order valence-electron chi connectivity index (χ0n) is 15.7. The lowest BCUT2D eigenvalue weighted by Gasteiger charge is -2.26. The fraction of sp³-hybridized carbons (Fsp3) is 0.125. The molecule has 0 bridgehead atoms. The number of hydrogen-bond acceptors (Lipinski definition) is 2. The van der Waals surface area contributed by atoms with Gasteiger partial charge in [0.15, 0.2) is 9.60 Å². The normalized spacial score (nSPS) is 12.2. The van der Waals surface area contributed by atoms with Gasteiger partial charge in [-0.3, -0.25) is 0 Å². The molecule has 0 amide bonds. The third-order valence-electron chi connectivity index (χ3n) is 4.75. The predicted molar refractivity (Wildman–Crippen MR) is 113 cm³/mol. The molecule has 0 aliphatic heterocycles. The van der Waals surface area contributed by atoms with Gasteiger partial charge in [0.05, 0.1) is 5.56 Å². The molecular weight excluding hydrogens is 371 g/mol. The number of carbonyl (C=O) groups excluding carboxylic acids is 1. The van der Waals surface area contributed by atoms with Crippen LogP contribution in [-0.2, 0) is 10.3 Å². The summed E-state index contributed by atoms with van der Waals surface area (Å²) in [6, 6.07) is 24.3. The van der Waals surface area contributed by atoms with Crippen LogP contribution in [0.4, 0.5) is 4.39 Å². The van der Waals surface area contributed by atoms with Crippen LogP contribution in [0.5, 0.6) is 0 Å². The molecule has 1 aromatic heterocycles. The molecule has 2 nitrogen and oxygen atoms in total. The van der Waals surface area contributed by atoms with Crippen LogP contribution in [0.2, 0.25) is 0 Å². The van der Waals surface area contributed by atoms with Crippen molar-refractivity contribution < 1.29 is 13.9 Å². The van der Waals surface area contributed by atoms with Gasteiger partial charge in [0, 0.05) is 27.5 Å². The maximum Gasteiger partial charge on any atom is 0.339 e. The van der Waals surface area contributed by atoms with Crippen molar-refractivity contribution in [3.8, 4) is 4.90 Å². The van der Waals surface area contributed by atoms with Gasteiger partial charge in [-0.2, -0.15) is 0 Å². The van der Waals surface area contributed by atoms with Gasteiger partial charge >= 0.3 is 5.97 Å². The highest BCUT2D eigenvalue weighted by Gasteiger charge is 2.29. The second-order valence-corrected chi connectivity index (χ2v) is 8.94. The van der Waals surface area contributed by atoms with Gasteiger partial charge in [0.25, 0.3) is 0 Å². The molecule has 1 unspecified atom stereocenters. The number of rotatable bonds is 4. The molecule has 0 fully saturated rings. The number of ether oxygens (including phenoxy) is 1. The van der Waals surface area contributed by atoms with Crippen molar-refractivity contribution in [2.24, 2.45) is 0 Å². The van der Waals surface area contributed by atoms with E-state index in [1.165, 1.54) is 16.2 Å². The summed E-state index contributed by atoms with van der Waals surface area (Å²) < 4.78 is 21.0. The van der Waals surface area contributed by atoms with E-state index in [1.54, 1.807) is 44.2 Å². The quantitative estimate of drug-likeness (QED) is 0.282. The van der Waals surface area contributed by atoms with Gasteiger partial charge in [-0.1, -0.05) is 30.3 Å². The highest BCUT2D eigenvalue weighted by atomic mass is 32.2. The molecule has 1 atom stereocenters. The van der Waals surface area contributed by atoms with Crippen LogP contribution < -0.4 is 0 Å². The number of benzene rings is 3. The first-order valence-electron chi connectivity index (χ1n) is 9.04. The maximum absolute atomic E-state index is 14.1. The van der Waals surface area contributed by atoms with Gasteiger partial charge < -0.3 is 4.74 Å². The smallest absolute Gasteiger partial charge is 0.339 e. The van der Waals surface area contributed by atoms with Crippen molar-refractivity contribution in [3.63, 3.8) is 0 Å². The van der Waals surface area contributed by atoms with Crippen LogP contribution >= 0.6 is 10.5 Å². The molecule has 4 heteroatoms. The predicted octanol–water partition coefficient (Wildman–Crippen LogP) is 6.81. The summed E-state index contributed by atoms with van der Waals surface area (Å²) in [7, 11) is -0.121. The molecule has 0 radical (unpaired) electrons. The SMILES string of the molecule is CC(C)(OC(=O)c1ccc(-[s+]2ccc3ccccc32)cc1)c1ccccc1F. The Morgan fingerprint density at radius 3 is 2.32 bits per heavy atom. The molecule has 28 heavy (non-hydrogen) atoms. The Labute approximate surface area is 166 Å². The van der Waals surface area contributed by atoms with E-state index in [1.807, 2.05) is 24.3 Å². The van der Waals surface area contributed by atoms with E-state index in [4.69, 9.17) is 4.74 Å². The fourth-order valence-electron chi connectivity index (χ4n) is 3.27. The van der Waals surface area contributed by atoms with Crippen LogP contribution in [0.1, 0.15) is 29.8 Å². The first-order valence-corrected chi connectivity index (χ1v) is 10.3. The first-order chi connectivity index (χ1) is 13.5. The lowest BCUT2D eigenvalue weighted by Crippen LogP contribution is -2.26. The Morgan fingerprint density at radius 2 is 1.57 bits per heavy atom. The third kappa shape index (κ3) is 3.43. The average molecular weight is 391 g/mol. The van der Waals surface area contributed by atoms with E-state index < -0.39 is 11.6 Å². The summed E-state index contributed by atoms with van der Waals surface area (Å²) in [5.41, 5.74) is -0.252. The average Bonchev–Trinajstić information content (AvgIpc) is 3.12. The number of fused-ring (bicyclic) bond motifs is 1. The Bertz CT molecular complexity index is 1140. The molecule has 0 saturated carbocycles. The van der Waals surface area contributed by atoms with Crippen molar-refractivity contribution in [2.45, 2.75) is 19.4 Å². The van der Waals surface area contributed by atoms with E-state index >= 15 is 0 Å². The van der Waals surface area contributed by atoms with E-state index in [9.17, 15) is 9.18 Å². The van der Waals surface area contributed by atoms with Crippen molar-refractivity contribution in [1.29, 1.82) is 0 Å². The number of hydrogen-bond donors (Lipinski definition) is 0. The van der Waals surface area contributed by atoms with E-state index in [-0.39, 0.29) is 16.3 Å². The molecule has 140 valence electrons. The maximum atomic E-state index is 14.1. The monoisotopic (exact) mass is 391 g/mol. The molecule has 3 aromatic carbocycles. The van der Waals surface area contributed by atoms with E-state index in [2.05, 4.69) is 23.6 Å². The van der Waals surface area contributed by atoms with Crippen LogP contribution in [0.3, 0.4) is 0 Å². The molecule has 0 saturated heterocycles. The van der Waals surface area contributed by atoms with Gasteiger partial charge in [0.1, 0.15) is 16.8 Å². The molecule has 1 heterocycles. The van der Waals surface area contributed by atoms with E-state index in [0.29, 0.717) is 11.1 Å². The van der Waals surface area contributed by atoms with Crippen LogP contribution in [-0.4, -0.2) is 5.97 Å². The molecule has 0 spiro atoms. The summed E-state index contributed by atoms with van der Waals surface area (Å²) in [5.74, 6) is -0.853. The molecule has 0 aliphatic rings. The highest BCUT2D eigenvalue weighted by molar-refractivity contribution is 7.43. The molecule has 0 aliphatic carbocycles. The third-order valence-corrected chi connectivity index (χ3v) is 6.79. The second kappa shape index (κ2) is 7.21. The van der Waals surface area contributed by atoms with Gasteiger partial charge in [-0.05, 0) is 56.3 Å². The summed E-state index contributed by atoms with van der Waals surface area (Å²) in [6.07, 6.45) is 0. The summed E-state index contributed by atoms with van der Waals surface area (Å²) in [5, 5.41) is 3.43. The standard InChI is InChI=1S/C24H20FO2S/c1-24(2,20-8-4-5-9-21(20)25)27-23(26)18-11-13-19(14-12-18)28-16-15-17-7-3-6-10-22(17)28/h3-16H,1-2H3/q+1. The Morgan fingerprint density at radius 1 is 0.893 bits per heavy atom. The fourth-order valence-corrected chi connectivity index (χ4v) is 5.16. The minimum absolute atomic E-state index is 0.121. The van der Waals surface area contributed by atoms with E-state index in [0.717, 1.165) is 4.90 Å². The van der Waals surface area contributed by atoms with Gasteiger partial charge in [0.2, 0.25) is 0 Å². The molecule has 4 aromatic rings. The number of thiophene rings is 1. The topological polar surface area (TPSA) is 26.3 Å². The Hall–Kier alpha value is -2.98. The molecule has 0 N–H and O–H groups in total. The van der Waals surface area contributed by atoms with Gasteiger partial charge in [-0.25, -0.2) is 9.18 Å². The largest absolute Gasteiger partial charge is 0.451 e. The number of esters is 1. The van der Waals surface area contributed by atoms with Crippen LogP contribution in [0.25, 0.3) is 15.0 Å². The highest BCUT2D eigenvalue weighted by Crippen LogP contribution is 2.39. The molecular formula is C24H20FO2S+. The summed E-state index contributed by atoms with van der Waals surface area (Å²) >= 11 is 0. The molecule has 4 rings (SSSR count). The Kier molecular flexibility index (Phi) is 4.73. The number of halogens is 1. The lowest BCUT2D eigenvalue weighted by atomic mass is 9.97. The van der Waals surface area contributed by atoms with Crippen molar-refractivity contribution >= 4 is 26.5 Å². The number of carbonyl (C=O) groups is 1. The minimum Gasteiger partial charge on any atom is -0.451 e. The first kappa shape index (κ1) is 18.4. The summed E-state index contributed by atoms with van der Waals surface area (Å²) in [6.45, 7) is 3.39.